The summed E-state index contributed by atoms with van der Waals surface area (Å²) < 4.78 is 26.8. The predicted octanol–water partition coefficient (Wildman–Crippen LogP) is 2.92. The van der Waals surface area contributed by atoms with Crippen LogP contribution in [0.1, 0.15) is 5.56 Å². The molecule has 0 amide bonds. The average molecular weight is 317 g/mol. The molecule has 0 aliphatic heterocycles. The summed E-state index contributed by atoms with van der Waals surface area (Å²) in [5.41, 5.74) is 1.42. The summed E-state index contributed by atoms with van der Waals surface area (Å²) in [6.07, 6.45) is 0. The normalized spacial score (nSPS) is 11.5. The predicted molar refractivity (Wildman–Crippen MR) is 79.3 cm³/mol. The van der Waals surface area contributed by atoms with Gasteiger partial charge in [0, 0.05) is 16.9 Å². The molecule has 0 spiro atoms. The zero-order valence-corrected chi connectivity index (χ0v) is 12.6. The van der Waals surface area contributed by atoms with Gasteiger partial charge < -0.3 is 5.32 Å². The lowest BCUT2D eigenvalue weighted by Crippen LogP contribution is -2.13. The van der Waals surface area contributed by atoms with Crippen LogP contribution in [-0.4, -0.2) is 15.5 Å². The molecule has 0 atom stereocenters. The van der Waals surface area contributed by atoms with Crippen molar-refractivity contribution in [2.75, 3.05) is 11.8 Å². The Morgan fingerprint density at radius 1 is 1.32 bits per heavy atom. The van der Waals surface area contributed by atoms with E-state index in [2.05, 4.69) is 10.0 Å². The van der Waals surface area contributed by atoms with Crippen LogP contribution >= 0.6 is 22.9 Å². The molecule has 1 aromatic heterocycles. The van der Waals surface area contributed by atoms with Crippen molar-refractivity contribution in [3.63, 3.8) is 0 Å². The van der Waals surface area contributed by atoms with Crippen LogP contribution in [0.2, 0.25) is 5.02 Å². The molecular weight excluding hydrogens is 304 g/mol. The lowest BCUT2D eigenvalue weighted by atomic mass is 10.2. The summed E-state index contributed by atoms with van der Waals surface area (Å²) in [6, 6.07) is 6.43. The van der Waals surface area contributed by atoms with Crippen LogP contribution in [0.25, 0.3) is 0 Å². The molecule has 2 N–H and O–H groups in total. The Bertz CT molecular complexity index is 654. The van der Waals surface area contributed by atoms with E-state index in [1.165, 1.54) is 17.4 Å². The minimum absolute atomic E-state index is 0.156. The van der Waals surface area contributed by atoms with Gasteiger partial charge in [-0.2, -0.15) is 11.3 Å². The van der Waals surface area contributed by atoms with Gasteiger partial charge in [0.1, 0.15) is 0 Å². The van der Waals surface area contributed by atoms with Crippen LogP contribution in [0.4, 0.5) is 5.69 Å². The maximum atomic E-state index is 12.1. The van der Waals surface area contributed by atoms with E-state index < -0.39 is 10.0 Å². The number of hydrogen-bond acceptors (Lipinski definition) is 4. The van der Waals surface area contributed by atoms with Gasteiger partial charge in [-0.25, -0.2) is 8.42 Å². The van der Waals surface area contributed by atoms with Crippen LogP contribution in [0.5, 0.6) is 0 Å². The van der Waals surface area contributed by atoms with Crippen LogP contribution in [0, 0.1) is 0 Å². The molecule has 1 heterocycles. The number of hydrogen-bond donors (Lipinski definition) is 2. The van der Waals surface area contributed by atoms with E-state index in [4.69, 9.17) is 11.6 Å². The van der Waals surface area contributed by atoms with Crippen molar-refractivity contribution in [1.29, 1.82) is 0 Å². The molecule has 4 nitrogen and oxygen atoms in total. The number of benzene rings is 1. The molecule has 0 aliphatic rings. The topological polar surface area (TPSA) is 58.2 Å². The molecule has 2 rings (SSSR count). The van der Waals surface area contributed by atoms with Crippen molar-refractivity contribution in [3.05, 3.63) is 45.6 Å². The minimum Gasteiger partial charge on any atom is -0.316 e. The largest absolute Gasteiger partial charge is 0.316 e. The maximum absolute atomic E-state index is 12.1. The van der Waals surface area contributed by atoms with Crippen molar-refractivity contribution < 1.29 is 8.42 Å². The first-order chi connectivity index (χ1) is 9.03. The molecule has 7 heteroatoms. The van der Waals surface area contributed by atoms with E-state index >= 15 is 0 Å². The summed E-state index contributed by atoms with van der Waals surface area (Å²) in [4.78, 5) is 0.156. The first-order valence-electron chi connectivity index (χ1n) is 5.51. The summed E-state index contributed by atoms with van der Waals surface area (Å²) in [6.45, 7) is 0.594. The van der Waals surface area contributed by atoms with E-state index in [0.29, 0.717) is 17.3 Å². The molecule has 0 fully saturated rings. The standard InChI is InChI=1S/C12H13ClN2O2S2/c1-14-7-9-2-3-11(6-12(9)13)19(16,17)15-10-4-5-18-8-10/h2-6,8,14-15H,7H2,1H3. The number of anilines is 1. The fraction of sp³-hybridized carbons (Fsp3) is 0.167. The Kier molecular flexibility index (Phi) is 4.46. The van der Waals surface area contributed by atoms with Crippen LogP contribution in [0.15, 0.2) is 39.9 Å². The van der Waals surface area contributed by atoms with Gasteiger partial charge in [0.2, 0.25) is 0 Å². The Balaban J connectivity index is 2.28. The number of sulfonamides is 1. The van der Waals surface area contributed by atoms with E-state index in [0.717, 1.165) is 5.56 Å². The highest BCUT2D eigenvalue weighted by Crippen LogP contribution is 2.23. The Morgan fingerprint density at radius 2 is 2.11 bits per heavy atom. The van der Waals surface area contributed by atoms with E-state index in [-0.39, 0.29) is 4.90 Å². The Labute approximate surface area is 121 Å². The van der Waals surface area contributed by atoms with Gasteiger partial charge >= 0.3 is 0 Å². The smallest absolute Gasteiger partial charge is 0.261 e. The summed E-state index contributed by atoms with van der Waals surface area (Å²) in [7, 11) is -1.78. The summed E-state index contributed by atoms with van der Waals surface area (Å²) in [5, 5.41) is 6.94. The fourth-order valence-electron chi connectivity index (χ4n) is 1.57. The molecular formula is C12H13ClN2O2S2. The van der Waals surface area contributed by atoms with Crippen molar-refractivity contribution in [3.8, 4) is 0 Å². The number of nitrogens with one attached hydrogen (secondary N) is 2. The van der Waals surface area contributed by atoms with Crippen molar-refractivity contribution in [2.45, 2.75) is 11.4 Å². The van der Waals surface area contributed by atoms with Gasteiger partial charge in [-0.3, -0.25) is 4.72 Å². The average Bonchev–Trinajstić information content (AvgIpc) is 2.84. The molecule has 0 bridgehead atoms. The Morgan fingerprint density at radius 3 is 2.68 bits per heavy atom. The zero-order valence-electron chi connectivity index (χ0n) is 10.2. The SMILES string of the molecule is CNCc1ccc(S(=O)(=O)Nc2ccsc2)cc1Cl. The lowest BCUT2D eigenvalue weighted by Gasteiger charge is -2.09. The molecule has 102 valence electrons. The molecule has 0 saturated heterocycles. The number of halogens is 1. The third-order valence-electron chi connectivity index (χ3n) is 2.48. The molecule has 1 aromatic carbocycles. The van der Waals surface area contributed by atoms with Crippen molar-refractivity contribution in [2.24, 2.45) is 0 Å². The van der Waals surface area contributed by atoms with Crippen molar-refractivity contribution >= 4 is 38.6 Å². The van der Waals surface area contributed by atoms with E-state index in [9.17, 15) is 8.42 Å². The first kappa shape index (κ1) is 14.3. The number of thiophene rings is 1. The second-order valence-corrected chi connectivity index (χ2v) is 6.77. The highest BCUT2D eigenvalue weighted by molar-refractivity contribution is 7.92. The monoisotopic (exact) mass is 316 g/mol. The maximum Gasteiger partial charge on any atom is 0.261 e. The first-order valence-corrected chi connectivity index (χ1v) is 8.31. The van der Waals surface area contributed by atoms with Crippen LogP contribution in [-0.2, 0) is 16.6 Å². The quantitative estimate of drug-likeness (QED) is 0.891. The molecule has 0 saturated carbocycles. The van der Waals surface area contributed by atoms with Crippen LogP contribution in [0.3, 0.4) is 0 Å². The molecule has 19 heavy (non-hydrogen) atoms. The van der Waals surface area contributed by atoms with Gasteiger partial charge in [0.25, 0.3) is 10.0 Å². The number of rotatable bonds is 5. The summed E-state index contributed by atoms with van der Waals surface area (Å²) >= 11 is 7.49. The molecule has 0 radical (unpaired) electrons. The van der Waals surface area contributed by atoms with E-state index in [1.54, 1.807) is 36.0 Å². The molecule has 0 aliphatic carbocycles. The highest BCUT2D eigenvalue weighted by atomic mass is 35.5. The van der Waals surface area contributed by atoms with E-state index in [1.807, 2.05) is 0 Å². The third kappa shape index (κ3) is 3.48. The summed E-state index contributed by atoms with van der Waals surface area (Å²) in [5.74, 6) is 0. The zero-order chi connectivity index (χ0) is 13.9. The highest BCUT2D eigenvalue weighted by Gasteiger charge is 2.15. The second-order valence-electron chi connectivity index (χ2n) is 3.90. The Hall–Kier alpha value is -1.08. The van der Waals surface area contributed by atoms with Gasteiger partial charge in [-0.15, -0.1) is 0 Å². The van der Waals surface area contributed by atoms with Gasteiger partial charge in [-0.05, 0) is 36.2 Å². The van der Waals surface area contributed by atoms with Gasteiger partial charge in [0.05, 0.1) is 10.6 Å². The van der Waals surface area contributed by atoms with Gasteiger partial charge in [-0.1, -0.05) is 17.7 Å². The second kappa shape index (κ2) is 5.92. The van der Waals surface area contributed by atoms with Crippen molar-refractivity contribution in [1.82, 2.24) is 5.32 Å². The fourth-order valence-corrected chi connectivity index (χ4v) is 3.62. The van der Waals surface area contributed by atoms with Gasteiger partial charge in [0.15, 0.2) is 0 Å². The lowest BCUT2D eigenvalue weighted by molar-refractivity contribution is 0.601. The molecule has 0 unspecified atom stereocenters. The third-order valence-corrected chi connectivity index (χ3v) is 4.89. The van der Waals surface area contributed by atoms with Crippen LogP contribution < -0.4 is 10.0 Å². The molecule has 2 aromatic rings. The minimum atomic E-state index is -3.59.